The first-order valence-electron chi connectivity index (χ1n) is 10.7. The van der Waals surface area contributed by atoms with E-state index in [-0.39, 0.29) is 4.90 Å². The van der Waals surface area contributed by atoms with Crippen LogP contribution in [0.25, 0.3) is 0 Å². The Balaban J connectivity index is 1.79. The molecule has 0 aliphatic heterocycles. The van der Waals surface area contributed by atoms with Crippen LogP contribution in [-0.4, -0.2) is 52.0 Å². The number of nitrogens with one attached hydrogen (secondary N) is 2. The van der Waals surface area contributed by atoms with Gasteiger partial charge in [-0.1, -0.05) is 42.5 Å². The molecule has 4 N–H and O–H groups in total. The minimum absolute atomic E-state index is 0.130. The van der Waals surface area contributed by atoms with Crippen molar-refractivity contribution in [3.63, 3.8) is 0 Å². The zero-order valence-corrected chi connectivity index (χ0v) is 19.5. The highest BCUT2D eigenvalue weighted by Crippen LogP contribution is 2.10. The van der Waals surface area contributed by atoms with Crippen LogP contribution in [0.2, 0.25) is 0 Å². The van der Waals surface area contributed by atoms with Crippen LogP contribution in [0.15, 0.2) is 64.5 Å². The summed E-state index contributed by atoms with van der Waals surface area (Å²) in [5.74, 6) is 0.793. The molecule has 0 bridgehead atoms. The number of nitrogens with zero attached hydrogens (tertiary/aromatic N) is 2. The minimum atomic E-state index is -3.65. The molecule has 0 amide bonds. The number of benzene rings is 2. The topological polar surface area (TPSA) is 99.8 Å². The molecule has 1 unspecified atom stereocenters. The zero-order chi connectivity index (χ0) is 22.7. The van der Waals surface area contributed by atoms with Gasteiger partial charge >= 0.3 is 0 Å². The van der Waals surface area contributed by atoms with Crippen molar-refractivity contribution in [2.24, 2.45) is 10.1 Å². The van der Waals surface area contributed by atoms with Gasteiger partial charge in [0.2, 0.25) is 10.0 Å². The molecule has 0 heterocycles. The molecule has 0 radical (unpaired) electrons. The van der Waals surface area contributed by atoms with E-state index in [0.717, 1.165) is 44.0 Å². The van der Waals surface area contributed by atoms with E-state index in [1.807, 2.05) is 13.0 Å². The van der Waals surface area contributed by atoms with E-state index in [1.165, 1.54) is 17.7 Å². The first-order chi connectivity index (χ1) is 14.8. The Morgan fingerprint density at radius 1 is 1.06 bits per heavy atom. The molecule has 0 saturated carbocycles. The molecule has 170 valence electrons. The SMILES string of the molecule is CCNC(=NCCC(C)N(C)Cc1ccccc1)NCCc1ccc(S(N)(=O)=O)cc1. The van der Waals surface area contributed by atoms with Crippen molar-refractivity contribution in [2.75, 3.05) is 26.7 Å². The highest BCUT2D eigenvalue weighted by molar-refractivity contribution is 7.89. The van der Waals surface area contributed by atoms with Crippen molar-refractivity contribution < 1.29 is 8.42 Å². The Morgan fingerprint density at radius 3 is 2.35 bits per heavy atom. The van der Waals surface area contributed by atoms with Gasteiger partial charge in [-0.2, -0.15) is 0 Å². The van der Waals surface area contributed by atoms with Crippen molar-refractivity contribution in [2.45, 2.75) is 44.2 Å². The second-order valence-electron chi connectivity index (χ2n) is 7.66. The van der Waals surface area contributed by atoms with Crippen LogP contribution in [0.1, 0.15) is 31.4 Å². The van der Waals surface area contributed by atoms with Crippen LogP contribution in [0.5, 0.6) is 0 Å². The Morgan fingerprint density at radius 2 is 1.74 bits per heavy atom. The van der Waals surface area contributed by atoms with Gasteiger partial charge < -0.3 is 10.6 Å². The Kier molecular flexibility index (Phi) is 9.97. The highest BCUT2D eigenvalue weighted by atomic mass is 32.2. The van der Waals surface area contributed by atoms with Crippen LogP contribution in [0.3, 0.4) is 0 Å². The molecule has 8 heteroatoms. The molecule has 2 aromatic carbocycles. The van der Waals surface area contributed by atoms with Gasteiger partial charge in [0.15, 0.2) is 5.96 Å². The second kappa shape index (κ2) is 12.4. The maximum atomic E-state index is 11.3. The lowest BCUT2D eigenvalue weighted by Crippen LogP contribution is -2.38. The van der Waals surface area contributed by atoms with E-state index in [2.05, 4.69) is 53.8 Å². The van der Waals surface area contributed by atoms with Crippen molar-refractivity contribution in [3.05, 3.63) is 65.7 Å². The lowest BCUT2D eigenvalue weighted by atomic mass is 10.1. The first kappa shape index (κ1) is 24.8. The van der Waals surface area contributed by atoms with Gasteiger partial charge in [-0.05, 0) is 57.0 Å². The highest BCUT2D eigenvalue weighted by Gasteiger charge is 2.10. The molecule has 2 rings (SSSR count). The predicted octanol–water partition coefficient (Wildman–Crippen LogP) is 2.34. The van der Waals surface area contributed by atoms with E-state index in [9.17, 15) is 8.42 Å². The fraction of sp³-hybridized carbons (Fsp3) is 0.435. The van der Waals surface area contributed by atoms with Gasteiger partial charge in [0, 0.05) is 32.2 Å². The van der Waals surface area contributed by atoms with E-state index in [0.29, 0.717) is 12.6 Å². The molecular weight excluding hydrogens is 410 g/mol. The van der Waals surface area contributed by atoms with Crippen LogP contribution >= 0.6 is 0 Å². The van der Waals surface area contributed by atoms with Gasteiger partial charge in [-0.25, -0.2) is 13.6 Å². The summed E-state index contributed by atoms with van der Waals surface area (Å²) < 4.78 is 22.7. The number of aliphatic imine (C=N–C) groups is 1. The zero-order valence-electron chi connectivity index (χ0n) is 18.7. The molecule has 2 aromatic rings. The quantitative estimate of drug-likeness (QED) is 0.364. The number of hydrogen-bond donors (Lipinski definition) is 3. The van der Waals surface area contributed by atoms with E-state index >= 15 is 0 Å². The lowest BCUT2D eigenvalue weighted by molar-refractivity contribution is 0.240. The number of primary sulfonamides is 1. The summed E-state index contributed by atoms with van der Waals surface area (Å²) in [4.78, 5) is 7.17. The van der Waals surface area contributed by atoms with Crippen LogP contribution in [0.4, 0.5) is 0 Å². The van der Waals surface area contributed by atoms with Crippen molar-refractivity contribution in [1.82, 2.24) is 15.5 Å². The molecule has 0 aliphatic rings. The summed E-state index contributed by atoms with van der Waals surface area (Å²) in [7, 11) is -1.51. The summed E-state index contributed by atoms with van der Waals surface area (Å²) >= 11 is 0. The maximum Gasteiger partial charge on any atom is 0.238 e. The van der Waals surface area contributed by atoms with Crippen molar-refractivity contribution in [3.8, 4) is 0 Å². The summed E-state index contributed by atoms with van der Waals surface area (Å²) in [6.07, 6.45) is 1.72. The smallest absolute Gasteiger partial charge is 0.238 e. The van der Waals surface area contributed by atoms with Crippen molar-refractivity contribution in [1.29, 1.82) is 0 Å². The number of rotatable bonds is 11. The van der Waals surface area contributed by atoms with Crippen LogP contribution < -0.4 is 15.8 Å². The van der Waals surface area contributed by atoms with E-state index in [4.69, 9.17) is 10.1 Å². The normalized spacial score (nSPS) is 13.3. The Hall–Kier alpha value is -2.42. The summed E-state index contributed by atoms with van der Waals surface area (Å²) in [6.45, 7) is 7.42. The molecule has 0 aromatic heterocycles. The van der Waals surface area contributed by atoms with Crippen LogP contribution in [0, 0.1) is 0 Å². The van der Waals surface area contributed by atoms with Gasteiger partial charge in [-0.3, -0.25) is 9.89 Å². The standard InChI is InChI=1S/C23H35N5O2S/c1-4-25-23(27-17-15-20-10-12-22(13-11-20)31(24,29)30)26-16-14-19(2)28(3)18-21-8-6-5-7-9-21/h5-13,19H,4,14-18H2,1-3H3,(H2,24,29,30)(H2,25,26,27). The number of guanidine groups is 1. The molecule has 31 heavy (non-hydrogen) atoms. The Labute approximate surface area is 186 Å². The van der Waals surface area contributed by atoms with E-state index < -0.39 is 10.0 Å². The van der Waals surface area contributed by atoms with Crippen LogP contribution in [-0.2, 0) is 23.0 Å². The fourth-order valence-corrected chi connectivity index (χ4v) is 3.64. The average Bonchev–Trinajstić information content (AvgIpc) is 2.74. The predicted molar refractivity (Wildman–Crippen MR) is 127 cm³/mol. The molecule has 0 spiro atoms. The largest absolute Gasteiger partial charge is 0.357 e. The van der Waals surface area contributed by atoms with E-state index in [1.54, 1.807) is 12.1 Å². The summed E-state index contributed by atoms with van der Waals surface area (Å²) in [5, 5.41) is 11.7. The monoisotopic (exact) mass is 445 g/mol. The van der Waals surface area contributed by atoms with Gasteiger partial charge in [0.1, 0.15) is 0 Å². The number of nitrogens with two attached hydrogens (primary N) is 1. The molecule has 0 saturated heterocycles. The van der Waals surface area contributed by atoms with Gasteiger partial charge in [-0.15, -0.1) is 0 Å². The van der Waals surface area contributed by atoms with Gasteiger partial charge in [0.25, 0.3) is 0 Å². The molecule has 0 aliphatic carbocycles. The average molecular weight is 446 g/mol. The Bertz CT molecular complexity index is 915. The number of hydrogen-bond acceptors (Lipinski definition) is 4. The van der Waals surface area contributed by atoms with Crippen molar-refractivity contribution >= 4 is 16.0 Å². The molecule has 7 nitrogen and oxygen atoms in total. The third kappa shape index (κ3) is 9.08. The minimum Gasteiger partial charge on any atom is -0.357 e. The third-order valence-corrected chi connectivity index (χ3v) is 6.08. The maximum absolute atomic E-state index is 11.3. The summed E-state index contributed by atoms with van der Waals surface area (Å²) in [6, 6.07) is 17.6. The third-order valence-electron chi connectivity index (χ3n) is 5.15. The van der Waals surface area contributed by atoms with Gasteiger partial charge in [0.05, 0.1) is 4.90 Å². The fourth-order valence-electron chi connectivity index (χ4n) is 3.12. The second-order valence-corrected chi connectivity index (χ2v) is 9.23. The molecule has 0 fully saturated rings. The lowest BCUT2D eigenvalue weighted by Gasteiger charge is -2.24. The molecule has 1 atom stereocenters. The first-order valence-corrected chi connectivity index (χ1v) is 12.2. The summed E-state index contributed by atoms with van der Waals surface area (Å²) in [5.41, 5.74) is 2.35. The number of sulfonamides is 1. The molecular formula is C23H35N5O2S.